The van der Waals surface area contributed by atoms with Crippen molar-refractivity contribution >= 4 is 51.9 Å². The van der Waals surface area contributed by atoms with Gasteiger partial charge in [0.25, 0.3) is 0 Å². The molecule has 0 aromatic heterocycles. The summed E-state index contributed by atoms with van der Waals surface area (Å²) >= 11 is 15.4. The van der Waals surface area contributed by atoms with Gasteiger partial charge < -0.3 is 5.73 Å². The van der Waals surface area contributed by atoms with Crippen LogP contribution in [0.15, 0.2) is 28.1 Å². The molecule has 1 aliphatic carbocycles. The molecule has 2 rings (SSSR count). The van der Waals surface area contributed by atoms with Crippen LogP contribution >= 0.6 is 46.7 Å². The van der Waals surface area contributed by atoms with Crippen LogP contribution < -0.4 is 5.73 Å². The fraction of sp³-hybridized carbons (Fsp3) is 0.500. The van der Waals surface area contributed by atoms with E-state index < -0.39 is 0 Å². The molecule has 1 aliphatic rings. The smallest absolute Gasteiger partial charge is 0.154 e. The number of thioether (sulfide) groups is 2. The van der Waals surface area contributed by atoms with Crippen molar-refractivity contribution in [2.75, 3.05) is 11.5 Å². The maximum Gasteiger partial charge on any atom is 0.154 e. The van der Waals surface area contributed by atoms with Gasteiger partial charge in [0.1, 0.15) is 0 Å². The zero-order valence-electron chi connectivity index (χ0n) is 11.1. The van der Waals surface area contributed by atoms with E-state index in [0.29, 0.717) is 11.1 Å². The molecule has 0 spiro atoms. The summed E-state index contributed by atoms with van der Waals surface area (Å²) in [4.78, 5) is 5.57. The lowest BCUT2D eigenvalue weighted by atomic mass is 10.3. The summed E-state index contributed by atoms with van der Waals surface area (Å²) in [5, 5.41) is 2.18. The first kappa shape index (κ1) is 16.3. The Labute approximate surface area is 138 Å². The Morgan fingerprint density at radius 2 is 2.00 bits per heavy atom. The van der Waals surface area contributed by atoms with Gasteiger partial charge in [0, 0.05) is 21.4 Å². The van der Waals surface area contributed by atoms with Crippen LogP contribution in [0.3, 0.4) is 0 Å². The highest BCUT2D eigenvalue weighted by molar-refractivity contribution is 8.14. The average Bonchev–Trinajstić information content (AvgIpc) is 2.91. The van der Waals surface area contributed by atoms with E-state index >= 15 is 0 Å². The number of hydrogen-bond acceptors (Lipinski definition) is 3. The Morgan fingerprint density at radius 1 is 1.25 bits per heavy atom. The number of nitrogens with two attached hydrogens (primary N) is 1. The summed E-state index contributed by atoms with van der Waals surface area (Å²) in [6.07, 6.45) is 4.95. The van der Waals surface area contributed by atoms with Crippen molar-refractivity contribution in [3.8, 4) is 0 Å². The van der Waals surface area contributed by atoms with E-state index in [2.05, 4.69) is 4.99 Å². The van der Waals surface area contributed by atoms with E-state index in [1.807, 2.05) is 12.1 Å². The lowest BCUT2D eigenvalue weighted by molar-refractivity contribution is 0.708. The van der Waals surface area contributed by atoms with E-state index in [1.165, 1.54) is 25.7 Å². The second-order valence-electron chi connectivity index (χ2n) is 4.68. The third-order valence-corrected chi connectivity index (χ3v) is 5.92. The van der Waals surface area contributed by atoms with Gasteiger partial charge in [-0.1, -0.05) is 47.8 Å². The van der Waals surface area contributed by atoms with Gasteiger partial charge in [0.15, 0.2) is 5.17 Å². The predicted octanol–water partition coefficient (Wildman–Crippen LogP) is 5.08. The quantitative estimate of drug-likeness (QED) is 0.349. The molecular weight excluding hydrogens is 331 g/mol. The zero-order valence-corrected chi connectivity index (χ0v) is 14.3. The maximum absolute atomic E-state index is 6.12. The first-order valence-corrected chi connectivity index (χ1v) is 9.42. The Kier molecular flexibility index (Phi) is 6.88. The largest absolute Gasteiger partial charge is 0.379 e. The van der Waals surface area contributed by atoms with Crippen molar-refractivity contribution in [2.45, 2.75) is 36.6 Å². The number of rotatable bonds is 5. The first-order chi connectivity index (χ1) is 9.65. The van der Waals surface area contributed by atoms with Crippen molar-refractivity contribution < 1.29 is 0 Å². The normalized spacial score (nSPS) is 16.8. The summed E-state index contributed by atoms with van der Waals surface area (Å²) in [5.74, 6) is 1.86. The van der Waals surface area contributed by atoms with Gasteiger partial charge in [-0.05, 0) is 31.0 Å². The minimum absolute atomic E-state index is 0.456. The average molecular weight is 349 g/mol. The van der Waals surface area contributed by atoms with Crippen molar-refractivity contribution in [1.82, 2.24) is 0 Å². The van der Waals surface area contributed by atoms with Gasteiger partial charge >= 0.3 is 0 Å². The number of halogens is 2. The fourth-order valence-electron chi connectivity index (χ4n) is 2.14. The minimum atomic E-state index is 0.456. The molecule has 2 N–H and O–H groups in total. The number of amidine groups is 1. The molecule has 2 nitrogen and oxygen atoms in total. The molecule has 6 heteroatoms. The van der Waals surface area contributed by atoms with Crippen LogP contribution in [0.1, 0.15) is 25.7 Å². The van der Waals surface area contributed by atoms with Crippen LogP contribution in [-0.2, 0) is 0 Å². The van der Waals surface area contributed by atoms with Crippen LogP contribution in [0.25, 0.3) is 0 Å². The van der Waals surface area contributed by atoms with E-state index in [4.69, 9.17) is 28.9 Å². The summed E-state index contributed by atoms with van der Waals surface area (Å²) in [6.45, 7) is 0. The monoisotopic (exact) mass is 348 g/mol. The SMILES string of the molecule is NC(=NC1CCCC1)SCCSc1cc(Cl)ccc1Cl. The van der Waals surface area contributed by atoms with E-state index in [-0.39, 0.29) is 0 Å². The number of benzene rings is 1. The highest BCUT2D eigenvalue weighted by Crippen LogP contribution is 2.30. The lowest BCUT2D eigenvalue weighted by Crippen LogP contribution is -2.12. The van der Waals surface area contributed by atoms with Gasteiger partial charge in [-0.2, -0.15) is 0 Å². The van der Waals surface area contributed by atoms with E-state index in [9.17, 15) is 0 Å². The third kappa shape index (κ3) is 5.40. The molecule has 0 atom stereocenters. The standard InChI is InChI=1S/C14H18Cl2N2S2/c15-10-5-6-12(16)13(9-10)19-7-8-20-14(17)18-11-3-1-2-4-11/h5-6,9,11H,1-4,7-8H2,(H2,17,18). The second kappa shape index (κ2) is 8.42. The molecule has 0 saturated heterocycles. The third-order valence-electron chi connectivity index (χ3n) is 3.12. The molecule has 0 amide bonds. The van der Waals surface area contributed by atoms with Crippen molar-refractivity contribution in [1.29, 1.82) is 0 Å². The fourth-order valence-corrected chi connectivity index (χ4v) is 4.39. The second-order valence-corrected chi connectivity index (χ2v) is 7.77. The van der Waals surface area contributed by atoms with Crippen LogP contribution in [0, 0.1) is 0 Å². The summed E-state index contributed by atoms with van der Waals surface area (Å²) < 4.78 is 0. The first-order valence-electron chi connectivity index (χ1n) is 6.69. The summed E-state index contributed by atoms with van der Waals surface area (Å²) in [6, 6.07) is 5.98. The van der Waals surface area contributed by atoms with Crippen LogP contribution in [0.2, 0.25) is 10.0 Å². The predicted molar refractivity (Wildman–Crippen MR) is 93.5 cm³/mol. The highest BCUT2D eigenvalue weighted by Gasteiger charge is 2.13. The Bertz CT molecular complexity index is 474. The maximum atomic E-state index is 6.12. The van der Waals surface area contributed by atoms with Gasteiger partial charge in [0.05, 0.1) is 11.1 Å². The molecule has 1 aromatic rings. The summed E-state index contributed by atoms with van der Waals surface area (Å²) in [7, 11) is 0. The number of hydrogen-bond donors (Lipinski definition) is 1. The van der Waals surface area contributed by atoms with Gasteiger partial charge in [-0.25, -0.2) is 0 Å². The number of aliphatic imine (C=N–C) groups is 1. The Hall–Kier alpha value is -0.0300. The molecule has 0 heterocycles. The van der Waals surface area contributed by atoms with Crippen molar-refractivity contribution in [3.63, 3.8) is 0 Å². The molecule has 1 fully saturated rings. The topological polar surface area (TPSA) is 38.4 Å². The van der Waals surface area contributed by atoms with E-state index in [1.54, 1.807) is 29.6 Å². The molecule has 0 unspecified atom stereocenters. The Balaban J connectivity index is 1.71. The molecule has 0 bridgehead atoms. The summed E-state index contributed by atoms with van der Waals surface area (Å²) in [5.41, 5.74) is 5.94. The van der Waals surface area contributed by atoms with Gasteiger partial charge in [-0.3, -0.25) is 4.99 Å². The zero-order chi connectivity index (χ0) is 14.4. The van der Waals surface area contributed by atoms with Crippen molar-refractivity contribution in [3.05, 3.63) is 28.2 Å². The molecule has 1 saturated carbocycles. The highest BCUT2D eigenvalue weighted by atomic mass is 35.5. The molecule has 110 valence electrons. The molecule has 20 heavy (non-hydrogen) atoms. The Morgan fingerprint density at radius 3 is 2.75 bits per heavy atom. The lowest BCUT2D eigenvalue weighted by Gasteiger charge is -2.06. The van der Waals surface area contributed by atoms with Gasteiger partial charge in [-0.15, -0.1) is 11.8 Å². The molecule has 0 radical (unpaired) electrons. The van der Waals surface area contributed by atoms with Crippen LogP contribution in [0.5, 0.6) is 0 Å². The van der Waals surface area contributed by atoms with Crippen molar-refractivity contribution in [2.24, 2.45) is 10.7 Å². The van der Waals surface area contributed by atoms with Crippen LogP contribution in [-0.4, -0.2) is 22.7 Å². The minimum Gasteiger partial charge on any atom is -0.379 e. The molecule has 0 aliphatic heterocycles. The van der Waals surface area contributed by atoms with Gasteiger partial charge in [0.2, 0.25) is 0 Å². The number of nitrogens with zero attached hydrogens (tertiary/aromatic N) is 1. The van der Waals surface area contributed by atoms with E-state index in [0.717, 1.165) is 26.6 Å². The van der Waals surface area contributed by atoms with Crippen LogP contribution in [0.4, 0.5) is 0 Å². The molecule has 1 aromatic carbocycles. The molecular formula is C14H18Cl2N2S2.